The molecule has 0 spiro atoms. The van der Waals surface area contributed by atoms with Crippen LogP contribution in [0.15, 0.2) is 12.2 Å². The zero-order chi connectivity index (χ0) is 28.7. The van der Waals surface area contributed by atoms with Gasteiger partial charge in [0.05, 0.1) is 0 Å². The molecule has 3 nitrogen and oxygen atoms in total. The molecule has 39 heavy (non-hydrogen) atoms. The molecule has 6 bridgehead atoms. The summed E-state index contributed by atoms with van der Waals surface area (Å²) in [6, 6.07) is 0. The Morgan fingerprint density at radius 2 is 1.33 bits per heavy atom. The first-order chi connectivity index (χ1) is 18.0. The highest BCUT2D eigenvalue weighted by Gasteiger charge is 2.90. The summed E-state index contributed by atoms with van der Waals surface area (Å²) in [4.78, 5) is 24.5. The highest BCUT2D eigenvalue weighted by molar-refractivity contribution is 6.27. The molecule has 9 unspecified atom stereocenters. The lowest BCUT2D eigenvalue weighted by molar-refractivity contribution is -0.450. The second-order valence-electron chi connectivity index (χ2n) is 17.2. The third-order valence-corrected chi connectivity index (χ3v) is 16.6. The van der Waals surface area contributed by atoms with E-state index in [1.807, 2.05) is 0 Å². The molecular formula is C35H53ClO3. The third-order valence-electron chi connectivity index (χ3n) is 16.4. The molecule has 0 amide bonds. The number of carbonyl (C=O) groups is 2. The number of alkyl halides is 1. The highest BCUT2D eigenvalue weighted by atomic mass is 35.5. The van der Waals surface area contributed by atoms with Crippen LogP contribution in [0.5, 0.6) is 0 Å². The number of halogens is 1. The van der Waals surface area contributed by atoms with E-state index in [0.29, 0.717) is 10.8 Å². The van der Waals surface area contributed by atoms with Crippen LogP contribution < -0.4 is 0 Å². The van der Waals surface area contributed by atoms with Crippen LogP contribution in [0.4, 0.5) is 0 Å². The normalized spacial score (nSPS) is 51.7. The fourth-order valence-electron chi connectivity index (χ4n) is 14.7. The molecule has 0 aromatic rings. The van der Waals surface area contributed by atoms with Crippen molar-refractivity contribution < 1.29 is 14.3 Å². The quantitative estimate of drug-likeness (QED) is 0.147. The van der Waals surface area contributed by atoms with E-state index in [2.05, 4.69) is 68.4 Å². The minimum absolute atomic E-state index is 0.0887. The summed E-state index contributed by atoms with van der Waals surface area (Å²) >= 11 is 5.62. The van der Waals surface area contributed by atoms with Gasteiger partial charge in [-0.2, -0.15) is 0 Å². The van der Waals surface area contributed by atoms with E-state index < -0.39 is 11.9 Å². The summed E-state index contributed by atoms with van der Waals surface area (Å²) in [5, 5.41) is 0. The van der Waals surface area contributed by atoms with Crippen LogP contribution in [0, 0.1) is 67.0 Å². The molecule has 218 valence electrons. The second kappa shape index (κ2) is 7.96. The summed E-state index contributed by atoms with van der Waals surface area (Å²) in [6.07, 6.45) is 15.5. The van der Waals surface area contributed by atoms with E-state index in [1.54, 1.807) is 6.08 Å². The van der Waals surface area contributed by atoms with Crippen molar-refractivity contribution in [2.24, 2.45) is 67.0 Å². The molecule has 9 aliphatic rings. The van der Waals surface area contributed by atoms with Crippen molar-refractivity contribution in [3.8, 4) is 0 Å². The van der Waals surface area contributed by atoms with Crippen molar-refractivity contribution in [3.05, 3.63) is 12.2 Å². The highest BCUT2D eigenvalue weighted by Crippen LogP contribution is 2.96. The number of ether oxygens (including phenoxy) is 1. The Bertz CT molecular complexity index is 1130. The van der Waals surface area contributed by atoms with Crippen LogP contribution in [-0.4, -0.2) is 17.8 Å². The van der Waals surface area contributed by atoms with Crippen LogP contribution in [0.1, 0.15) is 120 Å². The smallest absolute Gasteiger partial charge is 0.338 e. The average Bonchev–Trinajstić information content (AvgIpc) is 2.86. The van der Waals surface area contributed by atoms with Gasteiger partial charge in [-0.3, -0.25) is 4.79 Å². The van der Waals surface area contributed by atoms with Gasteiger partial charge in [-0.15, -0.1) is 11.6 Å². The summed E-state index contributed by atoms with van der Waals surface area (Å²) < 4.78 is 4.99. The molecule has 9 atom stereocenters. The number of hydrogen-bond donors (Lipinski definition) is 0. The van der Waals surface area contributed by atoms with E-state index in [4.69, 9.17) is 16.3 Å². The number of allylic oxidation sites excluding steroid dienone is 1. The Kier molecular flexibility index (Phi) is 5.77. The Labute approximate surface area is 242 Å². The van der Waals surface area contributed by atoms with E-state index in [-0.39, 0.29) is 38.4 Å². The van der Waals surface area contributed by atoms with Crippen LogP contribution in [0.3, 0.4) is 0 Å². The number of carbonyl (C=O) groups excluding carboxylic acids is 2. The van der Waals surface area contributed by atoms with Gasteiger partial charge in [0.1, 0.15) is 5.88 Å². The van der Waals surface area contributed by atoms with Crippen LogP contribution in [0.25, 0.3) is 0 Å². The Morgan fingerprint density at radius 1 is 0.769 bits per heavy atom. The molecule has 0 saturated heterocycles. The monoisotopic (exact) mass is 556 g/mol. The van der Waals surface area contributed by atoms with E-state index in [1.165, 1.54) is 51.4 Å². The minimum Gasteiger partial charge on any atom is -0.389 e. The molecule has 9 fully saturated rings. The molecule has 9 aliphatic carbocycles. The zero-order valence-electron chi connectivity index (χ0n) is 26.1. The van der Waals surface area contributed by atoms with Crippen LogP contribution in [0.2, 0.25) is 0 Å². The molecule has 9 saturated carbocycles. The molecule has 0 aromatic heterocycles. The van der Waals surface area contributed by atoms with Gasteiger partial charge in [0, 0.05) is 6.08 Å². The largest absolute Gasteiger partial charge is 0.389 e. The van der Waals surface area contributed by atoms with Crippen molar-refractivity contribution in [3.63, 3.8) is 0 Å². The lowest BCUT2D eigenvalue weighted by Crippen LogP contribution is -2.87. The molecule has 4 heteroatoms. The Morgan fingerprint density at radius 3 is 1.87 bits per heavy atom. The number of rotatable bonds is 5. The first-order valence-corrected chi connectivity index (χ1v) is 16.5. The first-order valence-electron chi connectivity index (χ1n) is 16.0. The van der Waals surface area contributed by atoms with Crippen LogP contribution in [-0.2, 0) is 14.3 Å². The van der Waals surface area contributed by atoms with Crippen molar-refractivity contribution in [1.82, 2.24) is 0 Å². The first kappa shape index (κ1) is 28.3. The van der Waals surface area contributed by atoms with E-state index in [9.17, 15) is 9.59 Å². The van der Waals surface area contributed by atoms with Crippen molar-refractivity contribution in [2.45, 2.75) is 120 Å². The zero-order valence-corrected chi connectivity index (χ0v) is 26.9. The van der Waals surface area contributed by atoms with Crippen molar-refractivity contribution >= 4 is 23.5 Å². The number of fused-ring (bicyclic) bond motifs is 6. The lowest BCUT2D eigenvalue weighted by Gasteiger charge is -2.93. The maximum Gasteiger partial charge on any atom is 0.338 e. The predicted octanol–water partition coefficient (Wildman–Crippen LogP) is 8.98. The molecule has 0 heterocycles. The number of hydrogen-bond acceptors (Lipinski definition) is 3. The topological polar surface area (TPSA) is 43.4 Å². The molecule has 0 radical (unpaired) electrons. The molecule has 9 rings (SSSR count). The summed E-state index contributed by atoms with van der Waals surface area (Å²) in [7, 11) is 0. The SMILES string of the molecule is CC1CCC2CC1(C1(C)CCC3CC1(C14CC(CCC1(C)C=CC(=O)OC(=O)CCl)C4(C)C)C3(C)C)C2(C)C. The van der Waals surface area contributed by atoms with E-state index >= 15 is 0 Å². The van der Waals surface area contributed by atoms with Gasteiger partial charge in [0.25, 0.3) is 0 Å². The van der Waals surface area contributed by atoms with Crippen molar-refractivity contribution in [2.75, 3.05) is 5.88 Å². The van der Waals surface area contributed by atoms with Gasteiger partial charge in [-0.05, 0) is 125 Å². The fraction of sp³-hybridized carbons (Fsp3) is 0.886. The molecular weight excluding hydrogens is 504 g/mol. The minimum atomic E-state index is -0.674. The van der Waals surface area contributed by atoms with Crippen LogP contribution >= 0.6 is 11.6 Å². The van der Waals surface area contributed by atoms with Gasteiger partial charge < -0.3 is 4.74 Å². The summed E-state index contributed by atoms with van der Waals surface area (Å²) in [5.41, 5.74) is 1.53. The number of esters is 2. The predicted molar refractivity (Wildman–Crippen MR) is 157 cm³/mol. The van der Waals surface area contributed by atoms with E-state index in [0.717, 1.165) is 30.1 Å². The van der Waals surface area contributed by atoms with Gasteiger partial charge >= 0.3 is 11.9 Å². The molecule has 0 aliphatic heterocycles. The standard InChI is InChI=1S/C35H53ClO3/c1-22-10-11-23-18-33(22,28(23,2)3)32(9)17-13-25-20-35(32,30(25,6)7)34-19-24(29(34,4)5)12-15-31(34,8)16-14-26(37)39-27(38)21-36/h14,16,22-25H,10-13,15,17-21H2,1-9H3. The average molecular weight is 557 g/mol. The van der Waals surface area contributed by atoms with Gasteiger partial charge in [0.2, 0.25) is 0 Å². The Hall–Kier alpha value is -0.830. The maximum atomic E-state index is 12.7. The molecule has 0 N–H and O–H groups in total. The van der Waals surface area contributed by atoms with Gasteiger partial charge in [0.15, 0.2) is 0 Å². The van der Waals surface area contributed by atoms with Gasteiger partial charge in [-0.25, -0.2) is 4.79 Å². The summed E-state index contributed by atoms with van der Waals surface area (Å²) in [5.74, 6) is 1.57. The Balaban J connectivity index is 1.54. The lowest BCUT2D eigenvalue weighted by atomic mass is 9.11. The molecule has 0 aromatic carbocycles. The maximum absolute atomic E-state index is 12.7. The second-order valence-corrected chi connectivity index (χ2v) is 17.5. The van der Waals surface area contributed by atoms with Crippen molar-refractivity contribution in [1.29, 1.82) is 0 Å². The fourth-order valence-corrected chi connectivity index (χ4v) is 14.7. The third kappa shape index (κ3) is 2.71. The summed E-state index contributed by atoms with van der Waals surface area (Å²) in [6.45, 7) is 23.5. The van der Waals surface area contributed by atoms with Gasteiger partial charge in [-0.1, -0.05) is 68.4 Å².